The van der Waals surface area contributed by atoms with Crippen LogP contribution in [0.2, 0.25) is 0 Å². The summed E-state index contributed by atoms with van der Waals surface area (Å²) >= 11 is 1.75. The van der Waals surface area contributed by atoms with Crippen molar-refractivity contribution >= 4 is 46.3 Å². The number of hydrogen-bond donors (Lipinski definition) is 5. The lowest BCUT2D eigenvalue weighted by atomic mass is 9.96. The molecular formula is C40H48N6O5S. The minimum atomic E-state index is -1.32. The summed E-state index contributed by atoms with van der Waals surface area (Å²) in [4.78, 5) is 60.5. The maximum Gasteiger partial charge on any atom is 0.270 e. The molecule has 4 aromatic rings. The highest BCUT2D eigenvalue weighted by Crippen LogP contribution is 2.33. The SMILES string of the molecule is CC(C)(C)NC(=O)[C@@H]1C[C@H](Sc2ccccc2)CCN1C[C@@H](O)[C@H](Cc1ccccc1)NC(=O)[C@H](CC(N)=O)NC(=O)c1ccc2ccccc2n1. The van der Waals surface area contributed by atoms with Gasteiger partial charge < -0.3 is 26.8 Å². The van der Waals surface area contributed by atoms with Gasteiger partial charge in [-0.3, -0.25) is 24.1 Å². The van der Waals surface area contributed by atoms with Gasteiger partial charge in [-0.2, -0.15) is 0 Å². The number of primary amides is 1. The molecule has 1 saturated heterocycles. The largest absolute Gasteiger partial charge is 0.390 e. The number of aromatic nitrogens is 1. The summed E-state index contributed by atoms with van der Waals surface area (Å²) in [6.45, 7) is 6.48. The molecule has 0 bridgehead atoms. The number of aliphatic hydroxyl groups excluding tert-OH is 1. The lowest BCUT2D eigenvalue weighted by Gasteiger charge is -2.41. The normalized spacial score (nSPS) is 18.2. The van der Waals surface area contributed by atoms with Gasteiger partial charge in [-0.1, -0.05) is 72.8 Å². The average molecular weight is 725 g/mol. The number of thioether (sulfide) groups is 1. The van der Waals surface area contributed by atoms with E-state index in [0.29, 0.717) is 18.5 Å². The zero-order valence-electron chi connectivity index (χ0n) is 29.8. The molecule has 1 aliphatic rings. The lowest BCUT2D eigenvalue weighted by molar-refractivity contribution is -0.130. The van der Waals surface area contributed by atoms with Gasteiger partial charge in [0, 0.05) is 34.2 Å². The number of hydrogen-bond acceptors (Lipinski definition) is 8. The van der Waals surface area contributed by atoms with Gasteiger partial charge in [0.05, 0.1) is 30.1 Å². The topological polar surface area (TPSA) is 167 Å². The van der Waals surface area contributed by atoms with Crippen molar-refractivity contribution in [2.24, 2.45) is 5.73 Å². The van der Waals surface area contributed by atoms with Crippen molar-refractivity contribution in [3.05, 3.63) is 108 Å². The molecule has 12 heteroatoms. The van der Waals surface area contributed by atoms with E-state index in [-0.39, 0.29) is 29.8 Å². The van der Waals surface area contributed by atoms with Crippen molar-refractivity contribution < 1.29 is 24.3 Å². The molecule has 274 valence electrons. The minimum Gasteiger partial charge on any atom is -0.390 e. The van der Waals surface area contributed by atoms with Gasteiger partial charge in [0.15, 0.2) is 0 Å². The van der Waals surface area contributed by atoms with Crippen molar-refractivity contribution in [2.75, 3.05) is 13.1 Å². The van der Waals surface area contributed by atoms with Gasteiger partial charge in [-0.25, -0.2) is 4.98 Å². The van der Waals surface area contributed by atoms with E-state index in [2.05, 4.69) is 33.1 Å². The van der Waals surface area contributed by atoms with E-state index < -0.39 is 53.9 Å². The third kappa shape index (κ3) is 11.1. The molecule has 0 unspecified atom stereocenters. The molecule has 5 atom stereocenters. The van der Waals surface area contributed by atoms with E-state index in [1.165, 1.54) is 0 Å². The highest BCUT2D eigenvalue weighted by atomic mass is 32.2. The van der Waals surface area contributed by atoms with Crippen LogP contribution < -0.4 is 21.7 Å². The fourth-order valence-corrected chi connectivity index (χ4v) is 7.56. The fraction of sp³-hybridized carbons (Fsp3) is 0.375. The predicted octanol–water partition coefficient (Wildman–Crippen LogP) is 3.84. The first kappa shape index (κ1) is 38.5. The van der Waals surface area contributed by atoms with Crippen LogP contribution in [0.4, 0.5) is 0 Å². The number of piperidine rings is 1. The number of nitrogens with two attached hydrogens (primary N) is 1. The third-order valence-electron chi connectivity index (χ3n) is 8.88. The molecule has 0 radical (unpaired) electrons. The van der Waals surface area contributed by atoms with Gasteiger partial charge >= 0.3 is 0 Å². The van der Waals surface area contributed by atoms with Crippen LogP contribution in [0, 0.1) is 0 Å². The molecule has 1 aliphatic heterocycles. The van der Waals surface area contributed by atoms with Crippen LogP contribution in [0.25, 0.3) is 10.9 Å². The zero-order valence-corrected chi connectivity index (χ0v) is 30.6. The monoisotopic (exact) mass is 724 g/mol. The number of likely N-dealkylation sites (tertiary alicyclic amines) is 1. The van der Waals surface area contributed by atoms with E-state index in [0.717, 1.165) is 22.3 Å². The van der Waals surface area contributed by atoms with Crippen LogP contribution in [-0.2, 0) is 20.8 Å². The van der Waals surface area contributed by atoms with E-state index in [9.17, 15) is 24.3 Å². The quantitative estimate of drug-likeness (QED) is 0.131. The molecule has 0 spiro atoms. The van der Waals surface area contributed by atoms with Crippen LogP contribution in [0.1, 0.15) is 56.1 Å². The molecule has 1 aromatic heterocycles. The van der Waals surface area contributed by atoms with Crippen LogP contribution in [0.5, 0.6) is 0 Å². The van der Waals surface area contributed by atoms with Crippen LogP contribution in [0.15, 0.2) is 102 Å². The summed E-state index contributed by atoms with van der Waals surface area (Å²) in [7, 11) is 0. The number of fused-ring (bicyclic) bond motifs is 1. The molecule has 0 saturated carbocycles. The van der Waals surface area contributed by atoms with E-state index in [1.54, 1.807) is 30.0 Å². The Morgan fingerprint density at radius 3 is 2.29 bits per heavy atom. The maximum absolute atomic E-state index is 13.9. The smallest absolute Gasteiger partial charge is 0.270 e. The van der Waals surface area contributed by atoms with E-state index in [1.807, 2.05) is 92.4 Å². The van der Waals surface area contributed by atoms with E-state index in [4.69, 9.17) is 5.73 Å². The van der Waals surface area contributed by atoms with Gasteiger partial charge in [0.1, 0.15) is 11.7 Å². The molecule has 6 N–H and O–H groups in total. The number of rotatable bonds is 14. The van der Waals surface area contributed by atoms with Crippen molar-refractivity contribution in [1.29, 1.82) is 0 Å². The van der Waals surface area contributed by atoms with Crippen molar-refractivity contribution in [3.63, 3.8) is 0 Å². The number of aliphatic hydroxyl groups is 1. The Kier molecular flexibility index (Phi) is 13.0. The number of carbonyl (C=O) groups is 4. The standard InChI is InChI=1S/C40H48N6O5S/c1-40(2,3)45-39(51)34-23-29(52-28-15-8-5-9-16-28)20-21-46(34)25-35(47)32(22-26-12-6-4-7-13-26)43-38(50)33(24-36(41)48)44-37(49)31-19-18-27-14-10-11-17-30(27)42-31/h4-19,29,32-35,47H,20-25H2,1-3H3,(H2,41,48)(H,43,50)(H,44,49)(H,45,51)/t29-,32+,33+,34+,35-/m1/s1. The summed E-state index contributed by atoms with van der Waals surface area (Å²) in [5.41, 5.74) is 6.62. The molecule has 3 aromatic carbocycles. The molecule has 4 amide bonds. The Labute approximate surface area is 309 Å². The van der Waals surface area contributed by atoms with Gasteiger partial charge in [0.25, 0.3) is 5.91 Å². The molecule has 52 heavy (non-hydrogen) atoms. The number of para-hydroxylation sites is 1. The van der Waals surface area contributed by atoms with Crippen LogP contribution >= 0.6 is 11.8 Å². The summed E-state index contributed by atoms with van der Waals surface area (Å²) in [5, 5.41) is 21.5. The summed E-state index contributed by atoms with van der Waals surface area (Å²) in [6, 6.07) is 27.5. The highest BCUT2D eigenvalue weighted by Gasteiger charge is 2.38. The van der Waals surface area contributed by atoms with Gasteiger partial charge in [-0.15, -0.1) is 11.8 Å². The summed E-state index contributed by atoms with van der Waals surface area (Å²) in [6.07, 6.45) is 0.0765. The molecule has 2 heterocycles. The first-order chi connectivity index (χ1) is 24.8. The Bertz CT molecular complexity index is 1840. The maximum atomic E-state index is 13.9. The van der Waals surface area contributed by atoms with Crippen molar-refractivity contribution in [2.45, 2.75) is 86.4 Å². The average Bonchev–Trinajstić information content (AvgIpc) is 3.11. The second-order valence-corrected chi connectivity index (χ2v) is 15.7. The first-order valence-corrected chi connectivity index (χ1v) is 18.5. The second kappa shape index (κ2) is 17.6. The van der Waals surface area contributed by atoms with Crippen LogP contribution in [-0.4, -0.2) is 86.7 Å². The number of carbonyl (C=O) groups excluding carboxylic acids is 4. The number of pyridine rings is 1. The summed E-state index contributed by atoms with van der Waals surface area (Å²) < 4.78 is 0. The van der Waals surface area contributed by atoms with Gasteiger partial charge in [0.2, 0.25) is 17.7 Å². The summed E-state index contributed by atoms with van der Waals surface area (Å²) in [5.74, 6) is -2.21. The number of nitrogens with zero attached hydrogens (tertiary/aromatic N) is 2. The Morgan fingerprint density at radius 2 is 1.60 bits per heavy atom. The highest BCUT2D eigenvalue weighted by molar-refractivity contribution is 8.00. The predicted molar refractivity (Wildman–Crippen MR) is 203 cm³/mol. The number of nitrogens with one attached hydrogen (secondary N) is 3. The Morgan fingerprint density at radius 1 is 0.923 bits per heavy atom. The molecule has 11 nitrogen and oxygen atoms in total. The lowest BCUT2D eigenvalue weighted by Crippen LogP contribution is -2.60. The van der Waals surface area contributed by atoms with Crippen molar-refractivity contribution in [3.8, 4) is 0 Å². The number of β-amino-alcohol motifs (C(OH)–C–C–N with tert-alkyl or cyclic N) is 1. The number of amides is 4. The Hall–Kier alpha value is -4.78. The van der Waals surface area contributed by atoms with E-state index >= 15 is 0 Å². The number of benzene rings is 3. The third-order valence-corrected chi connectivity index (χ3v) is 10.2. The molecule has 5 rings (SSSR count). The Balaban J connectivity index is 1.34. The van der Waals surface area contributed by atoms with Gasteiger partial charge in [-0.05, 0) is 69.9 Å². The molecule has 0 aliphatic carbocycles. The van der Waals surface area contributed by atoms with Crippen molar-refractivity contribution in [1.82, 2.24) is 25.8 Å². The van der Waals surface area contributed by atoms with Crippen LogP contribution in [0.3, 0.4) is 0 Å². The molecule has 1 fully saturated rings. The molecular weight excluding hydrogens is 677 g/mol. The second-order valence-electron chi connectivity index (χ2n) is 14.3. The minimum absolute atomic E-state index is 0.0789. The fourth-order valence-electron chi connectivity index (χ4n) is 6.36. The first-order valence-electron chi connectivity index (χ1n) is 17.6. The zero-order chi connectivity index (χ0) is 37.3.